The number of carbonyl (C=O) groups excluding carboxylic acids is 1. The highest BCUT2D eigenvalue weighted by atomic mass is 19.1. The predicted molar refractivity (Wildman–Crippen MR) is 151 cm³/mol. The van der Waals surface area contributed by atoms with Crippen LogP contribution in [0, 0.1) is 5.82 Å². The van der Waals surface area contributed by atoms with Crippen LogP contribution in [0.3, 0.4) is 0 Å². The molecule has 1 N–H and O–H groups in total. The van der Waals surface area contributed by atoms with Crippen LogP contribution in [0.1, 0.15) is 31.9 Å². The van der Waals surface area contributed by atoms with E-state index in [0.717, 1.165) is 50.5 Å². The lowest BCUT2D eigenvalue weighted by Gasteiger charge is -2.44. The zero-order chi connectivity index (χ0) is 28.1. The van der Waals surface area contributed by atoms with Crippen LogP contribution >= 0.6 is 0 Å². The summed E-state index contributed by atoms with van der Waals surface area (Å²) in [6.45, 7) is 12.8. The number of benzene rings is 1. The molecule has 4 atom stereocenters. The summed E-state index contributed by atoms with van der Waals surface area (Å²) in [5, 5.41) is 3.61. The number of rotatable bonds is 9. The Balaban J connectivity index is 1.37. The van der Waals surface area contributed by atoms with Crippen molar-refractivity contribution in [3.63, 3.8) is 0 Å². The SMILES string of the molecule is CCOCC1COc2ncc(Cc3ccc(F)cc3)cc2N1C(=O)CN1C[C@@H](C)NC[C@@H]1CN1CCOCC1C. The van der Waals surface area contributed by atoms with Gasteiger partial charge >= 0.3 is 0 Å². The fraction of sp³-hybridized carbons (Fsp3) is 0.600. The molecule has 0 aliphatic carbocycles. The summed E-state index contributed by atoms with van der Waals surface area (Å²) >= 11 is 0. The third-order valence-corrected chi connectivity index (χ3v) is 8.05. The van der Waals surface area contributed by atoms with Gasteiger partial charge in [-0.05, 0) is 56.5 Å². The smallest absolute Gasteiger partial charge is 0.241 e. The Hall–Kier alpha value is -2.63. The van der Waals surface area contributed by atoms with Crippen LogP contribution in [0.25, 0.3) is 0 Å². The van der Waals surface area contributed by atoms with Gasteiger partial charge in [-0.25, -0.2) is 9.37 Å². The van der Waals surface area contributed by atoms with Crippen molar-refractivity contribution in [2.45, 2.75) is 51.4 Å². The van der Waals surface area contributed by atoms with E-state index in [4.69, 9.17) is 14.2 Å². The number of nitrogens with one attached hydrogen (secondary N) is 1. The van der Waals surface area contributed by atoms with E-state index >= 15 is 0 Å². The number of halogens is 1. The van der Waals surface area contributed by atoms with Crippen LogP contribution < -0.4 is 15.0 Å². The molecule has 0 bridgehead atoms. The first-order chi connectivity index (χ1) is 19.4. The van der Waals surface area contributed by atoms with Gasteiger partial charge in [0.25, 0.3) is 0 Å². The molecule has 1 aromatic carbocycles. The van der Waals surface area contributed by atoms with E-state index in [0.29, 0.717) is 56.4 Å². The number of aromatic nitrogens is 1. The first-order valence-corrected chi connectivity index (χ1v) is 14.5. The van der Waals surface area contributed by atoms with Gasteiger partial charge in [-0.2, -0.15) is 0 Å². The Bertz CT molecular complexity index is 1140. The Kier molecular flexibility index (Phi) is 9.64. The van der Waals surface area contributed by atoms with Crippen molar-refractivity contribution in [2.24, 2.45) is 0 Å². The number of hydrogen-bond acceptors (Lipinski definition) is 8. The number of fused-ring (bicyclic) bond motifs is 1. The molecule has 40 heavy (non-hydrogen) atoms. The second-order valence-electron chi connectivity index (χ2n) is 11.2. The van der Waals surface area contributed by atoms with E-state index in [2.05, 4.69) is 33.9 Å². The number of anilines is 1. The number of nitrogens with zero attached hydrogens (tertiary/aromatic N) is 4. The molecule has 2 saturated heterocycles. The molecule has 218 valence electrons. The molecule has 2 aromatic rings. The molecule has 0 spiro atoms. The first kappa shape index (κ1) is 28.9. The van der Waals surface area contributed by atoms with Crippen LogP contribution in [0.4, 0.5) is 10.1 Å². The number of ether oxygens (including phenoxy) is 3. The Labute approximate surface area is 236 Å². The van der Waals surface area contributed by atoms with Gasteiger partial charge in [-0.3, -0.25) is 19.5 Å². The van der Waals surface area contributed by atoms with Gasteiger partial charge in [0, 0.05) is 57.1 Å². The number of pyridine rings is 1. The van der Waals surface area contributed by atoms with Gasteiger partial charge < -0.3 is 19.5 Å². The minimum absolute atomic E-state index is 0.0177. The number of morpholine rings is 1. The predicted octanol–water partition coefficient (Wildman–Crippen LogP) is 2.33. The number of piperazine rings is 1. The summed E-state index contributed by atoms with van der Waals surface area (Å²) < 4.78 is 30.8. The van der Waals surface area contributed by atoms with Gasteiger partial charge in [-0.15, -0.1) is 0 Å². The van der Waals surface area contributed by atoms with Gasteiger partial charge in [0.1, 0.15) is 18.1 Å². The molecule has 10 heteroatoms. The summed E-state index contributed by atoms with van der Waals surface area (Å²) in [6.07, 6.45) is 2.35. The van der Waals surface area contributed by atoms with Crippen molar-refractivity contribution < 1.29 is 23.4 Å². The molecule has 1 aromatic heterocycles. The summed E-state index contributed by atoms with van der Waals surface area (Å²) in [7, 11) is 0. The minimum Gasteiger partial charge on any atom is -0.474 e. The zero-order valence-corrected chi connectivity index (χ0v) is 23.9. The molecule has 2 fully saturated rings. The molecule has 0 radical (unpaired) electrons. The normalized spacial score (nSPS) is 25.9. The lowest BCUT2D eigenvalue weighted by molar-refractivity contribution is -0.122. The largest absolute Gasteiger partial charge is 0.474 e. The summed E-state index contributed by atoms with van der Waals surface area (Å²) in [6, 6.07) is 9.07. The second kappa shape index (κ2) is 13.4. The zero-order valence-electron chi connectivity index (χ0n) is 23.9. The minimum atomic E-state index is -0.264. The third kappa shape index (κ3) is 6.98. The molecule has 4 heterocycles. The molecule has 5 rings (SSSR count). The van der Waals surface area contributed by atoms with E-state index in [1.165, 1.54) is 12.1 Å². The van der Waals surface area contributed by atoms with E-state index in [-0.39, 0.29) is 23.8 Å². The Morgan fingerprint density at radius 3 is 2.75 bits per heavy atom. The van der Waals surface area contributed by atoms with Crippen molar-refractivity contribution in [3.05, 3.63) is 53.5 Å². The average molecular weight is 556 g/mol. The number of hydrogen-bond donors (Lipinski definition) is 1. The van der Waals surface area contributed by atoms with Gasteiger partial charge in [0.15, 0.2) is 0 Å². The Morgan fingerprint density at radius 1 is 1.15 bits per heavy atom. The summed E-state index contributed by atoms with van der Waals surface area (Å²) in [4.78, 5) is 25.4. The highest BCUT2D eigenvalue weighted by Gasteiger charge is 2.37. The second-order valence-corrected chi connectivity index (χ2v) is 11.2. The average Bonchev–Trinajstić information content (AvgIpc) is 2.95. The van der Waals surface area contributed by atoms with Crippen LogP contribution in [0.5, 0.6) is 5.88 Å². The van der Waals surface area contributed by atoms with Gasteiger partial charge in [-0.1, -0.05) is 12.1 Å². The van der Waals surface area contributed by atoms with Gasteiger partial charge in [0.2, 0.25) is 11.8 Å². The highest BCUT2D eigenvalue weighted by Crippen LogP contribution is 2.34. The van der Waals surface area contributed by atoms with E-state index in [9.17, 15) is 9.18 Å². The maximum atomic E-state index is 14.2. The maximum Gasteiger partial charge on any atom is 0.241 e. The van der Waals surface area contributed by atoms with Crippen LogP contribution in [-0.4, -0.2) is 111 Å². The molecule has 1 amide bonds. The van der Waals surface area contributed by atoms with Crippen molar-refractivity contribution >= 4 is 11.6 Å². The molecule has 0 saturated carbocycles. The van der Waals surface area contributed by atoms with E-state index < -0.39 is 0 Å². The van der Waals surface area contributed by atoms with Crippen LogP contribution in [0.2, 0.25) is 0 Å². The van der Waals surface area contributed by atoms with Crippen molar-refractivity contribution in [1.82, 2.24) is 20.1 Å². The number of amides is 1. The van der Waals surface area contributed by atoms with Crippen LogP contribution in [-0.2, 0) is 20.7 Å². The molecule has 3 aliphatic rings. The molecule has 3 aliphatic heterocycles. The Morgan fingerprint density at radius 2 is 1.98 bits per heavy atom. The monoisotopic (exact) mass is 555 g/mol. The van der Waals surface area contributed by atoms with Crippen molar-refractivity contribution in [2.75, 3.05) is 70.7 Å². The molecule has 2 unspecified atom stereocenters. The van der Waals surface area contributed by atoms with Crippen LogP contribution in [0.15, 0.2) is 36.5 Å². The molecular formula is C30H42FN5O4. The molecule has 9 nitrogen and oxygen atoms in total. The lowest BCUT2D eigenvalue weighted by atomic mass is 10.0. The van der Waals surface area contributed by atoms with Gasteiger partial charge in [0.05, 0.1) is 32.4 Å². The molecular weight excluding hydrogens is 513 g/mol. The van der Waals surface area contributed by atoms with Crippen molar-refractivity contribution in [3.8, 4) is 5.88 Å². The first-order valence-electron chi connectivity index (χ1n) is 14.5. The maximum absolute atomic E-state index is 14.2. The number of carbonyl (C=O) groups is 1. The van der Waals surface area contributed by atoms with E-state index in [1.54, 1.807) is 18.3 Å². The lowest BCUT2D eigenvalue weighted by Crippen LogP contribution is -2.63. The van der Waals surface area contributed by atoms with E-state index in [1.807, 2.05) is 17.9 Å². The highest BCUT2D eigenvalue weighted by molar-refractivity contribution is 5.97. The summed E-state index contributed by atoms with van der Waals surface area (Å²) in [5.74, 6) is 0.209. The standard InChI is InChI=1S/C30H42FN5O4/c1-4-38-19-27-20-40-30-28(12-24(13-33-30)11-23-5-7-25(31)8-6-23)36(27)29(37)17-35-15-21(2)32-14-26(35)16-34-9-10-39-18-22(34)3/h5-8,12-13,21-22,26-27,32H,4,9-11,14-20H2,1-3H3/t21-,22?,26-,27?/m1/s1. The quantitative estimate of drug-likeness (QED) is 0.505. The third-order valence-electron chi connectivity index (χ3n) is 8.05. The fourth-order valence-corrected chi connectivity index (χ4v) is 5.82. The van der Waals surface area contributed by atoms with Crippen molar-refractivity contribution in [1.29, 1.82) is 0 Å². The summed E-state index contributed by atoms with van der Waals surface area (Å²) in [5.41, 5.74) is 2.57. The fourth-order valence-electron chi connectivity index (χ4n) is 5.82. The topological polar surface area (TPSA) is 79.4 Å².